The monoisotopic (exact) mass is 296 g/mol. The third-order valence-electron chi connectivity index (χ3n) is 3.17. The van der Waals surface area contributed by atoms with Crippen LogP contribution in [0.2, 0.25) is 0 Å². The van der Waals surface area contributed by atoms with E-state index in [0.29, 0.717) is 12.5 Å². The van der Waals surface area contributed by atoms with Gasteiger partial charge in [0.2, 0.25) is 0 Å². The predicted octanol–water partition coefficient (Wildman–Crippen LogP) is 2.79. The Morgan fingerprint density at radius 1 is 1.59 bits per heavy atom. The number of ketones is 1. The fourth-order valence-corrected chi connectivity index (χ4v) is 2.86. The van der Waals surface area contributed by atoms with Crippen LogP contribution in [0.4, 0.5) is 0 Å². The van der Waals surface area contributed by atoms with Crippen LogP contribution in [0, 0.1) is 0 Å². The van der Waals surface area contributed by atoms with Gasteiger partial charge in [0.25, 0.3) is 0 Å². The lowest BCUT2D eigenvalue weighted by atomic mass is 10.1. The molecular weight excluding hydrogens is 280 g/mol. The largest absolute Gasteiger partial charge is 0.300 e. The first-order valence-corrected chi connectivity index (χ1v) is 6.77. The quantitative estimate of drug-likeness (QED) is 0.857. The Labute approximate surface area is 110 Å². The molecule has 2 rings (SSSR count). The van der Waals surface area contributed by atoms with Crippen molar-refractivity contribution in [2.24, 2.45) is 0 Å². The number of pyridine rings is 1. The Bertz CT molecular complexity index is 408. The molecule has 0 bridgehead atoms. The average molecular weight is 297 g/mol. The van der Waals surface area contributed by atoms with Gasteiger partial charge < -0.3 is 0 Å². The zero-order chi connectivity index (χ0) is 12.3. The van der Waals surface area contributed by atoms with Gasteiger partial charge in [-0.25, -0.2) is 0 Å². The SMILES string of the molecule is CC(=O)CC1CCCN1Cc1cncc(Br)c1. The summed E-state index contributed by atoms with van der Waals surface area (Å²) >= 11 is 3.43. The van der Waals surface area contributed by atoms with Gasteiger partial charge in [0, 0.05) is 35.9 Å². The van der Waals surface area contributed by atoms with Crippen LogP contribution in [-0.2, 0) is 11.3 Å². The maximum Gasteiger partial charge on any atom is 0.131 e. The van der Waals surface area contributed by atoms with E-state index in [1.54, 1.807) is 13.1 Å². The van der Waals surface area contributed by atoms with Gasteiger partial charge in [-0.15, -0.1) is 0 Å². The molecule has 3 nitrogen and oxygen atoms in total. The van der Waals surface area contributed by atoms with Crippen LogP contribution in [0.3, 0.4) is 0 Å². The molecular formula is C13H17BrN2O. The van der Waals surface area contributed by atoms with Crippen molar-refractivity contribution in [1.29, 1.82) is 0 Å². The van der Waals surface area contributed by atoms with E-state index in [-0.39, 0.29) is 5.78 Å². The molecule has 0 radical (unpaired) electrons. The average Bonchev–Trinajstić information content (AvgIpc) is 2.65. The van der Waals surface area contributed by atoms with Crippen LogP contribution in [-0.4, -0.2) is 28.3 Å². The van der Waals surface area contributed by atoms with Crippen molar-refractivity contribution in [1.82, 2.24) is 9.88 Å². The zero-order valence-electron chi connectivity index (χ0n) is 10.0. The molecule has 0 amide bonds. The molecule has 92 valence electrons. The molecule has 0 saturated carbocycles. The molecule has 1 aromatic rings. The normalized spacial score (nSPS) is 20.7. The van der Waals surface area contributed by atoms with Crippen LogP contribution in [0.5, 0.6) is 0 Å². The minimum Gasteiger partial charge on any atom is -0.300 e. The number of hydrogen-bond donors (Lipinski definition) is 0. The Hall–Kier alpha value is -0.740. The molecule has 0 spiro atoms. The lowest BCUT2D eigenvalue weighted by Crippen LogP contribution is -2.30. The second kappa shape index (κ2) is 5.74. The van der Waals surface area contributed by atoms with Crippen LogP contribution < -0.4 is 0 Å². The predicted molar refractivity (Wildman–Crippen MR) is 70.7 cm³/mol. The number of likely N-dealkylation sites (tertiary alicyclic amines) is 1. The van der Waals surface area contributed by atoms with Crippen molar-refractivity contribution >= 4 is 21.7 Å². The molecule has 0 aliphatic carbocycles. The molecule has 17 heavy (non-hydrogen) atoms. The van der Waals surface area contributed by atoms with E-state index in [2.05, 4.69) is 31.9 Å². The third-order valence-corrected chi connectivity index (χ3v) is 3.60. The summed E-state index contributed by atoms with van der Waals surface area (Å²) < 4.78 is 1.01. The molecule has 0 aromatic carbocycles. The molecule has 1 fully saturated rings. The van der Waals surface area contributed by atoms with Crippen molar-refractivity contribution in [3.05, 3.63) is 28.5 Å². The third kappa shape index (κ3) is 3.61. The lowest BCUT2D eigenvalue weighted by molar-refractivity contribution is -0.118. The van der Waals surface area contributed by atoms with Gasteiger partial charge in [0.05, 0.1) is 0 Å². The van der Waals surface area contributed by atoms with Crippen molar-refractivity contribution in [3.63, 3.8) is 0 Å². The number of hydrogen-bond acceptors (Lipinski definition) is 3. The van der Waals surface area contributed by atoms with Gasteiger partial charge in [0.15, 0.2) is 0 Å². The molecule has 2 heterocycles. The Morgan fingerprint density at radius 2 is 2.41 bits per heavy atom. The fourth-order valence-electron chi connectivity index (χ4n) is 2.44. The van der Waals surface area contributed by atoms with Gasteiger partial charge >= 0.3 is 0 Å². The van der Waals surface area contributed by atoms with Gasteiger partial charge in [-0.05, 0) is 53.9 Å². The second-order valence-electron chi connectivity index (χ2n) is 4.68. The van der Waals surface area contributed by atoms with E-state index in [1.165, 1.54) is 12.0 Å². The maximum atomic E-state index is 11.2. The summed E-state index contributed by atoms with van der Waals surface area (Å²) in [6, 6.07) is 2.52. The first-order chi connectivity index (χ1) is 8.15. The van der Waals surface area contributed by atoms with Crippen LogP contribution in [0.25, 0.3) is 0 Å². The number of carbonyl (C=O) groups excluding carboxylic acids is 1. The van der Waals surface area contributed by atoms with Gasteiger partial charge in [-0.3, -0.25) is 14.7 Å². The number of nitrogens with zero attached hydrogens (tertiary/aromatic N) is 2. The first kappa shape index (κ1) is 12.7. The topological polar surface area (TPSA) is 33.2 Å². The Balaban J connectivity index is 2.00. The smallest absolute Gasteiger partial charge is 0.131 e. The van der Waals surface area contributed by atoms with Crippen LogP contribution in [0.15, 0.2) is 22.9 Å². The summed E-state index contributed by atoms with van der Waals surface area (Å²) in [7, 11) is 0. The minimum absolute atomic E-state index is 0.286. The molecule has 1 aliphatic heterocycles. The molecule has 4 heteroatoms. The highest BCUT2D eigenvalue weighted by atomic mass is 79.9. The number of carbonyl (C=O) groups is 1. The number of rotatable bonds is 4. The summed E-state index contributed by atoms with van der Waals surface area (Å²) in [6.07, 6.45) is 6.70. The number of Topliss-reactive ketones (excluding diaryl/α,β-unsaturated/α-hetero) is 1. The molecule has 1 saturated heterocycles. The summed E-state index contributed by atoms with van der Waals surface area (Å²) in [6.45, 7) is 3.66. The van der Waals surface area contributed by atoms with Crippen LogP contribution in [0.1, 0.15) is 31.7 Å². The summed E-state index contributed by atoms with van der Waals surface area (Å²) in [5.74, 6) is 0.286. The molecule has 1 unspecified atom stereocenters. The summed E-state index contributed by atoms with van der Waals surface area (Å²) in [4.78, 5) is 17.8. The van der Waals surface area contributed by atoms with Gasteiger partial charge in [-0.1, -0.05) is 0 Å². The second-order valence-corrected chi connectivity index (χ2v) is 5.60. The first-order valence-electron chi connectivity index (χ1n) is 5.98. The lowest BCUT2D eigenvalue weighted by Gasteiger charge is -2.23. The van der Waals surface area contributed by atoms with E-state index in [4.69, 9.17) is 0 Å². The van der Waals surface area contributed by atoms with E-state index in [9.17, 15) is 4.79 Å². The maximum absolute atomic E-state index is 11.2. The molecule has 1 atom stereocenters. The van der Waals surface area contributed by atoms with E-state index >= 15 is 0 Å². The summed E-state index contributed by atoms with van der Waals surface area (Å²) in [5.41, 5.74) is 1.20. The number of halogens is 1. The van der Waals surface area contributed by atoms with Crippen molar-refractivity contribution in [2.75, 3.05) is 6.54 Å². The molecule has 0 N–H and O–H groups in total. The van der Waals surface area contributed by atoms with Crippen molar-refractivity contribution < 1.29 is 4.79 Å². The summed E-state index contributed by atoms with van der Waals surface area (Å²) in [5, 5.41) is 0. The minimum atomic E-state index is 0.286. The molecule has 1 aromatic heterocycles. The Morgan fingerprint density at radius 3 is 3.12 bits per heavy atom. The molecule has 1 aliphatic rings. The van der Waals surface area contributed by atoms with Gasteiger partial charge in [0.1, 0.15) is 5.78 Å². The Kier molecular flexibility index (Phi) is 4.29. The van der Waals surface area contributed by atoms with E-state index < -0.39 is 0 Å². The van der Waals surface area contributed by atoms with Crippen LogP contribution >= 0.6 is 15.9 Å². The number of aromatic nitrogens is 1. The highest BCUT2D eigenvalue weighted by Gasteiger charge is 2.25. The highest BCUT2D eigenvalue weighted by Crippen LogP contribution is 2.23. The standard InChI is InChI=1S/C13H17BrN2O/c1-10(17)5-13-3-2-4-16(13)9-11-6-12(14)8-15-7-11/h6-8,13H,2-5,9H2,1H3. The van der Waals surface area contributed by atoms with Crippen molar-refractivity contribution in [2.45, 2.75) is 38.8 Å². The van der Waals surface area contributed by atoms with Gasteiger partial charge in [-0.2, -0.15) is 0 Å². The highest BCUT2D eigenvalue weighted by molar-refractivity contribution is 9.10. The van der Waals surface area contributed by atoms with E-state index in [1.807, 2.05) is 6.20 Å². The van der Waals surface area contributed by atoms with E-state index in [0.717, 1.165) is 24.0 Å². The van der Waals surface area contributed by atoms with Crippen molar-refractivity contribution in [3.8, 4) is 0 Å². The zero-order valence-corrected chi connectivity index (χ0v) is 11.6. The fraction of sp³-hybridized carbons (Fsp3) is 0.538.